The van der Waals surface area contributed by atoms with Crippen molar-refractivity contribution in [3.63, 3.8) is 0 Å². The minimum Gasteiger partial charge on any atom is -0.393 e. The topological polar surface area (TPSA) is 43.4 Å². The van der Waals surface area contributed by atoms with E-state index in [1.54, 1.807) is 0 Å². The lowest BCUT2D eigenvalue weighted by molar-refractivity contribution is -0.159. The average Bonchev–Trinajstić information content (AvgIpc) is 1.73. The predicted molar refractivity (Wildman–Crippen MR) is 79.4 cm³/mol. The van der Waals surface area contributed by atoms with Gasteiger partial charge in [-0.1, -0.05) is 95.6 Å². The van der Waals surface area contributed by atoms with Crippen LogP contribution in [0.15, 0.2) is 0 Å². The average molecular weight is 604 g/mol. The highest BCUT2D eigenvalue weighted by molar-refractivity contribution is 9.39. The van der Waals surface area contributed by atoms with E-state index in [-0.39, 0.29) is 12.8 Å². The fraction of sp³-hybridized carbons (Fsp3) is 0.667. The molecule has 0 heterocycles. The van der Waals surface area contributed by atoms with Crippen LogP contribution in [0.4, 0.5) is 0 Å². The normalized spacial score (nSPS) is 12.4. The number of ether oxygens (including phenoxy) is 1. The Hall–Kier alpha value is 2.02. The van der Waals surface area contributed by atoms with Crippen molar-refractivity contribution in [2.45, 2.75) is 17.1 Å². The molecule has 0 spiro atoms. The van der Waals surface area contributed by atoms with Crippen molar-refractivity contribution in [2.24, 2.45) is 0 Å². The summed E-state index contributed by atoms with van der Waals surface area (Å²) in [5, 5.41) is 0. The van der Waals surface area contributed by atoms with E-state index >= 15 is 0 Å². The summed E-state index contributed by atoms with van der Waals surface area (Å²) in [6, 6.07) is 0. The first kappa shape index (κ1) is 17.0. The minimum atomic E-state index is -0.737. The summed E-state index contributed by atoms with van der Waals surface area (Å²) in [5.74, 6) is -1.27. The molecular formula is C6H4Br6O3. The molecule has 0 aromatic carbocycles. The molecule has 88 valence electrons. The molecule has 0 saturated carbocycles. The molecule has 0 unspecified atom stereocenters. The number of esters is 2. The van der Waals surface area contributed by atoms with Gasteiger partial charge in [-0.15, -0.1) is 0 Å². The van der Waals surface area contributed by atoms with E-state index in [9.17, 15) is 9.59 Å². The van der Waals surface area contributed by atoms with Gasteiger partial charge >= 0.3 is 11.9 Å². The number of alkyl halides is 6. The van der Waals surface area contributed by atoms with Crippen molar-refractivity contribution < 1.29 is 14.3 Å². The number of rotatable bonds is 2. The second-order valence-corrected chi connectivity index (χ2v) is 16.9. The first-order valence-electron chi connectivity index (χ1n) is 3.36. The van der Waals surface area contributed by atoms with Crippen molar-refractivity contribution in [1.29, 1.82) is 0 Å². The lowest BCUT2D eigenvalue weighted by atomic mass is 10.5. The molecule has 0 aromatic heterocycles. The first-order chi connectivity index (χ1) is 6.49. The number of carbonyl (C=O) groups is 2. The highest BCUT2D eigenvalue weighted by Gasteiger charge is 2.28. The molecule has 3 nitrogen and oxygen atoms in total. The second kappa shape index (κ2) is 6.82. The lowest BCUT2D eigenvalue weighted by Gasteiger charge is -2.12. The SMILES string of the molecule is O=C(CC(Br)(Br)Br)OC(=O)CC(Br)(Br)Br. The van der Waals surface area contributed by atoms with Gasteiger partial charge in [0.05, 0.1) is 12.8 Å². The Kier molecular flexibility index (Phi) is 7.74. The van der Waals surface area contributed by atoms with Crippen molar-refractivity contribution in [1.82, 2.24) is 0 Å². The van der Waals surface area contributed by atoms with Crippen LogP contribution in [0.25, 0.3) is 0 Å². The number of hydrogen-bond acceptors (Lipinski definition) is 3. The first-order valence-corrected chi connectivity index (χ1v) is 8.12. The maximum atomic E-state index is 11.2. The Balaban J connectivity index is 4.04. The van der Waals surface area contributed by atoms with Gasteiger partial charge in [0, 0.05) is 0 Å². The molecule has 0 radical (unpaired) electrons. The van der Waals surface area contributed by atoms with Crippen LogP contribution in [0.2, 0.25) is 0 Å². The van der Waals surface area contributed by atoms with Crippen LogP contribution in [-0.2, 0) is 14.3 Å². The summed E-state index contributed by atoms with van der Waals surface area (Å²) in [4.78, 5) is 22.4. The van der Waals surface area contributed by atoms with Gasteiger partial charge in [-0.3, -0.25) is 9.59 Å². The fourth-order valence-corrected chi connectivity index (χ4v) is 1.90. The fourth-order valence-electron chi connectivity index (χ4n) is 0.526. The number of carbonyl (C=O) groups excluding carboxylic acids is 2. The third-order valence-corrected chi connectivity index (χ3v) is 2.60. The Bertz CT molecular complexity index is 227. The van der Waals surface area contributed by atoms with Crippen molar-refractivity contribution >= 4 is 108 Å². The van der Waals surface area contributed by atoms with Gasteiger partial charge in [0.2, 0.25) is 0 Å². The van der Waals surface area contributed by atoms with Gasteiger partial charge in [0.25, 0.3) is 0 Å². The van der Waals surface area contributed by atoms with E-state index in [0.717, 1.165) is 0 Å². The highest BCUT2D eigenvalue weighted by atomic mass is 80.0. The van der Waals surface area contributed by atoms with Gasteiger partial charge in [0.15, 0.2) is 0 Å². The summed E-state index contributed by atoms with van der Waals surface area (Å²) in [6.07, 6.45) is -0.0583. The standard InChI is InChI=1S/C6H4Br6O3/c7-5(8,9)1-3(13)15-4(14)2-6(10,11)12/h1-2H2. The van der Waals surface area contributed by atoms with Crippen molar-refractivity contribution in [3.05, 3.63) is 0 Å². The van der Waals surface area contributed by atoms with Gasteiger partial charge in [0.1, 0.15) is 4.29 Å². The van der Waals surface area contributed by atoms with E-state index in [2.05, 4.69) is 100 Å². The zero-order valence-electron chi connectivity index (χ0n) is 6.91. The van der Waals surface area contributed by atoms with Crippen LogP contribution in [0.1, 0.15) is 12.8 Å². The van der Waals surface area contributed by atoms with Crippen molar-refractivity contribution in [2.75, 3.05) is 0 Å². The van der Waals surface area contributed by atoms with Gasteiger partial charge in [-0.25, -0.2) is 0 Å². The minimum absolute atomic E-state index is 0.0292. The maximum Gasteiger partial charge on any atom is 0.316 e. The molecular weight excluding hydrogens is 599 g/mol. The van der Waals surface area contributed by atoms with E-state index in [0.29, 0.717) is 0 Å². The summed E-state index contributed by atoms with van der Waals surface area (Å²) >= 11 is 18.7. The molecule has 0 bridgehead atoms. The summed E-state index contributed by atoms with van der Waals surface area (Å²) in [7, 11) is 0. The molecule has 0 rings (SSSR count). The smallest absolute Gasteiger partial charge is 0.316 e. The van der Waals surface area contributed by atoms with Gasteiger partial charge in [-0.05, 0) is 0 Å². The van der Waals surface area contributed by atoms with E-state index in [1.165, 1.54) is 0 Å². The quantitative estimate of drug-likeness (QED) is 0.265. The molecule has 0 N–H and O–H groups in total. The molecule has 0 saturated heterocycles. The number of halogens is 6. The predicted octanol–water partition coefficient (Wildman–Crippen LogP) is 4.51. The zero-order valence-corrected chi connectivity index (χ0v) is 16.4. The molecule has 15 heavy (non-hydrogen) atoms. The van der Waals surface area contributed by atoms with Crippen LogP contribution in [0.5, 0.6) is 0 Å². The summed E-state index contributed by atoms with van der Waals surface area (Å²) < 4.78 is 3.07. The molecule has 9 heteroatoms. The summed E-state index contributed by atoms with van der Waals surface area (Å²) in [5.41, 5.74) is 0. The summed E-state index contributed by atoms with van der Waals surface area (Å²) in [6.45, 7) is 0. The van der Waals surface area contributed by atoms with E-state index < -0.39 is 16.2 Å². The second-order valence-electron chi connectivity index (χ2n) is 2.43. The zero-order chi connectivity index (χ0) is 12.3. The van der Waals surface area contributed by atoms with Crippen LogP contribution in [-0.4, -0.2) is 16.2 Å². The van der Waals surface area contributed by atoms with E-state index in [1.807, 2.05) is 0 Å². The Labute approximate surface area is 137 Å². The molecule has 0 atom stereocenters. The molecule has 0 aliphatic rings. The highest BCUT2D eigenvalue weighted by Crippen LogP contribution is 2.38. The van der Waals surface area contributed by atoms with Gasteiger partial charge in [-0.2, -0.15) is 0 Å². The molecule has 0 amide bonds. The lowest BCUT2D eigenvalue weighted by Crippen LogP contribution is -2.20. The molecule has 0 aliphatic heterocycles. The molecule has 0 fully saturated rings. The molecule has 0 aliphatic carbocycles. The van der Waals surface area contributed by atoms with Gasteiger partial charge < -0.3 is 4.74 Å². The third kappa shape index (κ3) is 12.3. The van der Waals surface area contributed by atoms with Crippen LogP contribution in [0, 0.1) is 0 Å². The third-order valence-electron chi connectivity index (χ3n) is 0.917. The van der Waals surface area contributed by atoms with Crippen LogP contribution in [0.3, 0.4) is 0 Å². The Morgan fingerprint density at radius 3 is 1.27 bits per heavy atom. The molecule has 0 aromatic rings. The largest absolute Gasteiger partial charge is 0.393 e. The van der Waals surface area contributed by atoms with Crippen LogP contribution >= 0.6 is 95.6 Å². The van der Waals surface area contributed by atoms with Crippen molar-refractivity contribution in [3.8, 4) is 0 Å². The Morgan fingerprint density at radius 2 is 1.07 bits per heavy atom. The monoisotopic (exact) mass is 598 g/mol. The Morgan fingerprint density at radius 1 is 0.800 bits per heavy atom. The van der Waals surface area contributed by atoms with Crippen LogP contribution < -0.4 is 0 Å². The number of hydrogen-bond donors (Lipinski definition) is 0. The maximum absolute atomic E-state index is 11.2. The van der Waals surface area contributed by atoms with E-state index in [4.69, 9.17) is 0 Å².